The molecular formula is C8H12NO2. The first-order valence-electron chi connectivity index (χ1n) is 3.78. The van der Waals surface area contributed by atoms with Gasteiger partial charge < -0.3 is 4.90 Å². The Hall–Kier alpha value is -0.860. The van der Waals surface area contributed by atoms with Crippen molar-refractivity contribution in [3.63, 3.8) is 0 Å². The van der Waals surface area contributed by atoms with Crippen LogP contribution in [0.15, 0.2) is 0 Å². The van der Waals surface area contributed by atoms with E-state index in [1.54, 1.807) is 18.7 Å². The molecule has 1 aliphatic heterocycles. The SMILES string of the molecule is CC(C)([C]=O)N1CCCC1=O. The minimum atomic E-state index is -0.729. The van der Waals surface area contributed by atoms with Gasteiger partial charge in [-0.1, -0.05) is 0 Å². The Labute approximate surface area is 66.4 Å². The molecule has 0 N–H and O–H groups in total. The van der Waals surface area contributed by atoms with Crippen LogP contribution < -0.4 is 0 Å². The monoisotopic (exact) mass is 154 g/mol. The average Bonchev–Trinajstić information content (AvgIpc) is 2.36. The molecule has 1 radical (unpaired) electrons. The number of likely N-dealkylation sites (tertiary alicyclic amines) is 1. The molecule has 1 rings (SSSR count). The van der Waals surface area contributed by atoms with E-state index in [2.05, 4.69) is 0 Å². The van der Waals surface area contributed by atoms with Crippen molar-refractivity contribution in [2.45, 2.75) is 32.2 Å². The molecule has 0 spiro atoms. The molecule has 0 saturated carbocycles. The van der Waals surface area contributed by atoms with E-state index in [0.717, 1.165) is 6.42 Å². The molecule has 1 heterocycles. The lowest BCUT2D eigenvalue weighted by Gasteiger charge is -2.28. The highest BCUT2D eigenvalue weighted by Gasteiger charge is 2.34. The standard InChI is InChI=1S/C8H12NO2/c1-8(2,6-10)9-5-3-4-7(9)11/h3-5H2,1-2H3. The summed E-state index contributed by atoms with van der Waals surface area (Å²) in [5.41, 5.74) is -0.729. The molecule has 0 aromatic heterocycles. The Morgan fingerprint density at radius 1 is 1.55 bits per heavy atom. The Morgan fingerprint density at radius 3 is 2.55 bits per heavy atom. The summed E-state index contributed by atoms with van der Waals surface area (Å²) >= 11 is 0. The van der Waals surface area contributed by atoms with Crippen molar-refractivity contribution in [2.24, 2.45) is 0 Å². The van der Waals surface area contributed by atoms with Crippen LogP contribution in [0.3, 0.4) is 0 Å². The van der Waals surface area contributed by atoms with Gasteiger partial charge in [0.15, 0.2) is 0 Å². The largest absolute Gasteiger partial charge is 0.330 e. The zero-order chi connectivity index (χ0) is 8.48. The zero-order valence-electron chi connectivity index (χ0n) is 6.89. The van der Waals surface area contributed by atoms with Crippen LogP contribution in [0, 0.1) is 0 Å². The normalized spacial score (nSPS) is 19.1. The van der Waals surface area contributed by atoms with Gasteiger partial charge >= 0.3 is 0 Å². The highest BCUT2D eigenvalue weighted by molar-refractivity contribution is 5.83. The predicted octanol–water partition coefficient (Wildman–Crippen LogP) is 0.497. The minimum absolute atomic E-state index is 0.0679. The summed E-state index contributed by atoms with van der Waals surface area (Å²) in [6, 6.07) is 0. The van der Waals surface area contributed by atoms with E-state index in [1.807, 2.05) is 6.29 Å². The Kier molecular flexibility index (Phi) is 1.98. The lowest BCUT2D eigenvalue weighted by molar-refractivity contribution is -0.130. The quantitative estimate of drug-likeness (QED) is 0.580. The van der Waals surface area contributed by atoms with Crippen LogP contribution >= 0.6 is 0 Å². The van der Waals surface area contributed by atoms with Crippen LogP contribution in [0.1, 0.15) is 26.7 Å². The lowest BCUT2D eigenvalue weighted by atomic mass is 10.1. The second kappa shape index (κ2) is 2.64. The summed E-state index contributed by atoms with van der Waals surface area (Å²) in [7, 11) is 0. The van der Waals surface area contributed by atoms with Crippen LogP contribution in [0.5, 0.6) is 0 Å². The number of carbonyl (C=O) groups is 1. The third kappa shape index (κ3) is 1.42. The molecule has 11 heavy (non-hydrogen) atoms. The third-order valence-corrected chi connectivity index (χ3v) is 2.00. The van der Waals surface area contributed by atoms with Gasteiger partial charge in [-0.05, 0) is 20.3 Å². The van der Waals surface area contributed by atoms with Crippen LogP contribution in [0.25, 0.3) is 0 Å². The van der Waals surface area contributed by atoms with Gasteiger partial charge in [0, 0.05) is 13.0 Å². The summed E-state index contributed by atoms with van der Waals surface area (Å²) in [5.74, 6) is 0.0679. The number of carbonyl (C=O) groups excluding carboxylic acids is 2. The zero-order valence-corrected chi connectivity index (χ0v) is 6.89. The van der Waals surface area contributed by atoms with Gasteiger partial charge in [-0.15, -0.1) is 0 Å². The number of amides is 1. The minimum Gasteiger partial charge on any atom is -0.330 e. The van der Waals surface area contributed by atoms with Crippen LogP contribution in [0.2, 0.25) is 0 Å². The van der Waals surface area contributed by atoms with Gasteiger partial charge in [0.25, 0.3) is 0 Å². The second-order valence-electron chi connectivity index (χ2n) is 3.31. The fraction of sp³-hybridized carbons (Fsp3) is 0.750. The van der Waals surface area contributed by atoms with Gasteiger partial charge in [0.05, 0.1) is 0 Å². The summed E-state index contributed by atoms with van der Waals surface area (Å²) in [5, 5.41) is 0. The molecule has 1 saturated heterocycles. The van der Waals surface area contributed by atoms with Gasteiger partial charge in [0.1, 0.15) is 5.54 Å². The van der Waals surface area contributed by atoms with Crippen molar-refractivity contribution >= 4 is 12.2 Å². The van der Waals surface area contributed by atoms with E-state index >= 15 is 0 Å². The maximum Gasteiger partial charge on any atom is 0.225 e. The fourth-order valence-corrected chi connectivity index (χ4v) is 1.29. The smallest absolute Gasteiger partial charge is 0.225 e. The van der Waals surface area contributed by atoms with Crippen LogP contribution in [-0.2, 0) is 9.59 Å². The van der Waals surface area contributed by atoms with E-state index in [4.69, 9.17) is 0 Å². The Morgan fingerprint density at radius 2 is 2.18 bits per heavy atom. The van der Waals surface area contributed by atoms with Crippen LogP contribution in [-0.4, -0.2) is 29.2 Å². The van der Waals surface area contributed by atoms with Gasteiger partial charge in [0.2, 0.25) is 12.2 Å². The molecule has 0 aromatic rings. The molecule has 1 amide bonds. The van der Waals surface area contributed by atoms with E-state index < -0.39 is 5.54 Å². The van der Waals surface area contributed by atoms with Crippen molar-refractivity contribution < 1.29 is 9.59 Å². The number of hydrogen-bond donors (Lipinski definition) is 0. The average molecular weight is 154 g/mol. The molecule has 0 atom stereocenters. The molecule has 0 unspecified atom stereocenters. The van der Waals surface area contributed by atoms with E-state index in [0.29, 0.717) is 13.0 Å². The summed E-state index contributed by atoms with van der Waals surface area (Å²) in [6.45, 7) is 4.12. The molecule has 3 heteroatoms. The van der Waals surface area contributed by atoms with Gasteiger partial charge in [-0.3, -0.25) is 9.59 Å². The highest BCUT2D eigenvalue weighted by atomic mass is 16.2. The third-order valence-electron chi connectivity index (χ3n) is 2.00. The Bertz CT molecular complexity index is 187. The number of hydrogen-bond acceptors (Lipinski definition) is 2. The molecule has 0 bridgehead atoms. The molecule has 61 valence electrons. The maximum atomic E-state index is 11.1. The summed E-state index contributed by atoms with van der Waals surface area (Å²) < 4.78 is 0. The van der Waals surface area contributed by atoms with Crippen molar-refractivity contribution in [3.8, 4) is 0 Å². The topological polar surface area (TPSA) is 37.4 Å². The van der Waals surface area contributed by atoms with Crippen molar-refractivity contribution in [1.82, 2.24) is 4.90 Å². The maximum absolute atomic E-state index is 11.1. The first-order valence-corrected chi connectivity index (χ1v) is 3.78. The van der Waals surface area contributed by atoms with Gasteiger partial charge in [-0.25, -0.2) is 0 Å². The summed E-state index contributed by atoms with van der Waals surface area (Å²) in [4.78, 5) is 23.2. The lowest BCUT2D eigenvalue weighted by Crippen LogP contribution is -2.45. The Balaban J connectivity index is 2.73. The molecule has 0 aliphatic carbocycles. The van der Waals surface area contributed by atoms with Crippen molar-refractivity contribution in [2.75, 3.05) is 6.54 Å². The summed E-state index contributed by atoms with van der Waals surface area (Å²) in [6.07, 6.45) is 3.31. The molecular weight excluding hydrogens is 142 g/mol. The van der Waals surface area contributed by atoms with Gasteiger partial charge in [-0.2, -0.15) is 0 Å². The van der Waals surface area contributed by atoms with Crippen molar-refractivity contribution in [1.29, 1.82) is 0 Å². The molecule has 0 aromatic carbocycles. The molecule has 1 aliphatic rings. The molecule has 3 nitrogen and oxygen atoms in total. The first-order chi connectivity index (χ1) is 5.08. The second-order valence-corrected chi connectivity index (χ2v) is 3.31. The van der Waals surface area contributed by atoms with E-state index in [-0.39, 0.29) is 5.91 Å². The van der Waals surface area contributed by atoms with E-state index in [1.165, 1.54) is 0 Å². The van der Waals surface area contributed by atoms with Crippen LogP contribution in [0.4, 0.5) is 0 Å². The predicted molar refractivity (Wildman–Crippen MR) is 40.7 cm³/mol. The molecule has 1 fully saturated rings. The van der Waals surface area contributed by atoms with E-state index in [9.17, 15) is 9.59 Å². The fourth-order valence-electron chi connectivity index (χ4n) is 1.29. The van der Waals surface area contributed by atoms with Crippen molar-refractivity contribution in [3.05, 3.63) is 0 Å². The first kappa shape index (κ1) is 8.24. The highest BCUT2D eigenvalue weighted by Crippen LogP contribution is 2.19. The number of nitrogens with zero attached hydrogens (tertiary/aromatic N) is 1. The number of rotatable bonds is 2.